The molecule has 0 saturated carbocycles. The maximum Gasteiger partial charge on any atom is 0.309 e. The molecule has 0 aliphatic carbocycles. The molecule has 2 aliphatic heterocycles. The first-order valence-electron chi connectivity index (χ1n) is 12.1. The second-order valence-corrected chi connectivity index (χ2v) is 11.0. The van der Waals surface area contributed by atoms with Gasteiger partial charge in [0.15, 0.2) is 0 Å². The van der Waals surface area contributed by atoms with Gasteiger partial charge >= 0.3 is 5.97 Å². The molecular formula is C26H31FN2O5S. The van der Waals surface area contributed by atoms with Crippen LogP contribution in [0.1, 0.15) is 44.2 Å². The lowest BCUT2D eigenvalue weighted by molar-refractivity contribution is -0.152. The van der Waals surface area contributed by atoms with E-state index in [-0.39, 0.29) is 35.1 Å². The van der Waals surface area contributed by atoms with E-state index in [9.17, 15) is 22.4 Å². The maximum atomic E-state index is 13.6. The van der Waals surface area contributed by atoms with Crippen LogP contribution in [0.2, 0.25) is 0 Å². The molecule has 2 saturated heterocycles. The van der Waals surface area contributed by atoms with Crippen LogP contribution in [-0.2, 0) is 24.3 Å². The summed E-state index contributed by atoms with van der Waals surface area (Å²) in [5.74, 6) is -1.38. The quantitative estimate of drug-likeness (QED) is 0.562. The Morgan fingerprint density at radius 1 is 0.943 bits per heavy atom. The van der Waals surface area contributed by atoms with E-state index in [4.69, 9.17) is 4.74 Å². The van der Waals surface area contributed by atoms with Gasteiger partial charge in [0.05, 0.1) is 29.4 Å². The van der Waals surface area contributed by atoms with Crippen LogP contribution in [0.15, 0.2) is 59.5 Å². The molecule has 2 aliphatic rings. The lowest BCUT2D eigenvalue weighted by Crippen LogP contribution is -2.49. The van der Waals surface area contributed by atoms with Crippen molar-refractivity contribution in [3.8, 4) is 0 Å². The molecule has 2 aromatic carbocycles. The summed E-state index contributed by atoms with van der Waals surface area (Å²) in [5.41, 5.74) is 0.701. The van der Waals surface area contributed by atoms with Crippen molar-refractivity contribution in [2.24, 2.45) is 11.8 Å². The van der Waals surface area contributed by atoms with E-state index in [0.717, 1.165) is 0 Å². The minimum absolute atomic E-state index is 0.0515. The van der Waals surface area contributed by atoms with Crippen LogP contribution >= 0.6 is 0 Å². The lowest BCUT2D eigenvalue weighted by Gasteiger charge is -2.41. The third-order valence-corrected chi connectivity index (χ3v) is 8.81. The molecule has 0 bridgehead atoms. The Bertz CT molecular complexity index is 1130. The predicted molar refractivity (Wildman–Crippen MR) is 128 cm³/mol. The van der Waals surface area contributed by atoms with Crippen molar-refractivity contribution in [3.63, 3.8) is 0 Å². The molecule has 4 rings (SSSR count). The van der Waals surface area contributed by atoms with Crippen molar-refractivity contribution in [1.29, 1.82) is 0 Å². The van der Waals surface area contributed by atoms with Gasteiger partial charge in [-0.3, -0.25) is 9.59 Å². The fourth-order valence-electron chi connectivity index (χ4n) is 5.01. The molecule has 0 radical (unpaired) electrons. The number of benzene rings is 2. The average Bonchev–Trinajstić information content (AvgIpc) is 2.89. The standard InChI is InChI=1S/C26H31FN2O5S/c1-2-34-26(31)20-14-16-28(17-15-20)25(30)21-10-13-24(19-8-11-22(27)12-9-19)29(18-21)35(32,33)23-6-4-3-5-7-23/h3-9,11-12,20-21,24H,2,10,13-18H2,1H3/t21-,24-/m1/s1. The Balaban J connectivity index is 1.53. The second kappa shape index (κ2) is 10.9. The summed E-state index contributed by atoms with van der Waals surface area (Å²) >= 11 is 0. The number of nitrogens with zero attached hydrogens (tertiary/aromatic N) is 2. The Labute approximate surface area is 205 Å². The zero-order chi connectivity index (χ0) is 25.0. The number of sulfonamides is 1. The molecule has 0 spiro atoms. The van der Waals surface area contributed by atoms with Crippen molar-refractivity contribution in [2.75, 3.05) is 26.2 Å². The van der Waals surface area contributed by atoms with Gasteiger partial charge in [0.2, 0.25) is 15.9 Å². The van der Waals surface area contributed by atoms with E-state index in [1.807, 2.05) is 0 Å². The Morgan fingerprint density at radius 2 is 1.60 bits per heavy atom. The zero-order valence-corrected chi connectivity index (χ0v) is 20.6. The van der Waals surface area contributed by atoms with Crippen LogP contribution in [-0.4, -0.2) is 55.7 Å². The molecule has 7 nitrogen and oxygen atoms in total. The smallest absolute Gasteiger partial charge is 0.309 e. The van der Waals surface area contributed by atoms with Gasteiger partial charge in [0, 0.05) is 19.6 Å². The molecule has 188 valence electrons. The number of hydrogen-bond donors (Lipinski definition) is 0. The van der Waals surface area contributed by atoms with E-state index < -0.39 is 22.0 Å². The molecule has 2 aromatic rings. The minimum Gasteiger partial charge on any atom is -0.466 e. The number of carbonyl (C=O) groups is 2. The first kappa shape index (κ1) is 25.3. The molecule has 2 heterocycles. The van der Waals surface area contributed by atoms with Crippen LogP contribution < -0.4 is 0 Å². The molecular weight excluding hydrogens is 471 g/mol. The number of hydrogen-bond acceptors (Lipinski definition) is 5. The highest BCUT2D eigenvalue weighted by Crippen LogP contribution is 2.38. The van der Waals surface area contributed by atoms with Gasteiger partial charge in [-0.2, -0.15) is 4.31 Å². The summed E-state index contributed by atoms with van der Waals surface area (Å²) in [6.45, 7) is 3.06. The van der Waals surface area contributed by atoms with Crippen molar-refractivity contribution in [3.05, 3.63) is 66.0 Å². The summed E-state index contributed by atoms with van der Waals surface area (Å²) < 4.78 is 47.3. The highest BCUT2D eigenvalue weighted by molar-refractivity contribution is 7.89. The number of rotatable bonds is 6. The topological polar surface area (TPSA) is 84.0 Å². The van der Waals surface area contributed by atoms with Gasteiger partial charge in [0.1, 0.15) is 5.82 Å². The van der Waals surface area contributed by atoms with Crippen LogP contribution in [0.4, 0.5) is 4.39 Å². The van der Waals surface area contributed by atoms with E-state index in [1.54, 1.807) is 54.3 Å². The lowest BCUT2D eigenvalue weighted by atomic mass is 9.89. The molecule has 0 N–H and O–H groups in total. The summed E-state index contributed by atoms with van der Waals surface area (Å²) in [6, 6.07) is 13.6. The number of likely N-dealkylation sites (tertiary alicyclic amines) is 1. The van der Waals surface area contributed by atoms with Gasteiger partial charge in [-0.1, -0.05) is 30.3 Å². The van der Waals surface area contributed by atoms with Gasteiger partial charge in [-0.05, 0) is 62.4 Å². The summed E-state index contributed by atoms with van der Waals surface area (Å²) in [7, 11) is -3.89. The summed E-state index contributed by atoms with van der Waals surface area (Å²) in [5, 5.41) is 0. The Morgan fingerprint density at radius 3 is 2.23 bits per heavy atom. The molecule has 35 heavy (non-hydrogen) atoms. The molecule has 2 atom stereocenters. The molecule has 1 amide bonds. The molecule has 9 heteroatoms. The second-order valence-electron chi connectivity index (χ2n) is 9.08. The summed E-state index contributed by atoms with van der Waals surface area (Å²) in [4.78, 5) is 27.3. The van der Waals surface area contributed by atoms with Crippen molar-refractivity contribution in [1.82, 2.24) is 9.21 Å². The number of carbonyl (C=O) groups excluding carboxylic acids is 2. The largest absolute Gasteiger partial charge is 0.466 e. The fraction of sp³-hybridized carbons (Fsp3) is 0.462. The minimum atomic E-state index is -3.89. The van der Waals surface area contributed by atoms with Crippen molar-refractivity contribution < 1.29 is 27.1 Å². The van der Waals surface area contributed by atoms with E-state index in [2.05, 4.69) is 0 Å². The predicted octanol–water partition coefficient (Wildman–Crippen LogP) is 3.77. The van der Waals surface area contributed by atoms with Gasteiger partial charge in [0.25, 0.3) is 0 Å². The number of piperidine rings is 2. The number of amides is 1. The fourth-order valence-corrected chi connectivity index (χ4v) is 6.72. The number of esters is 1. The third-order valence-electron chi connectivity index (χ3n) is 6.92. The van der Waals surface area contributed by atoms with Crippen LogP contribution in [0, 0.1) is 17.7 Å². The monoisotopic (exact) mass is 502 g/mol. The van der Waals surface area contributed by atoms with Gasteiger partial charge in [-0.25, -0.2) is 12.8 Å². The number of halogens is 1. The first-order valence-corrected chi connectivity index (χ1v) is 13.5. The highest BCUT2D eigenvalue weighted by Gasteiger charge is 2.41. The Hall–Kier alpha value is -2.78. The Kier molecular flexibility index (Phi) is 7.86. The van der Waals surface area contributed by atoms with E-state index in [0.29, 0.717) is 50.9 Å². The SMILES string of the molecule is CCOC(=O)C1CCN(C(=O)[C@@H]2CC[C@H](c3ccc(F)cc3)N(S(=O)(=O)c3ccccc3)C2)CC1. The van der Waals surface area contributed by atoms with Crippen molar-refractivity contribution in [2.45, 2.75) is 43.5 Å². The maximum absolute atomic E-state index is 13.6. The van der Waals surface area contributed by atoms with Crippen LogP contribution in [0.25, 0.3) is 0 Å². The summed E-state index contributed by atoms with van der Waals surface area (Å²) in [6.07, 6.45) is 2.07. The van der Waals surface area contributed by atoms with Gasteiger partial charge < -0.3 is 9.64 Å². The molecule has 2 fully saturated rings. The third kappa shape index (κ3) is 5.56. The van der Waals surface area contributed by atoms with E-state index >= 15 is 0 Å². The van der Waals surface area contributed by atoms with Crippen molar-refractivity contribution >= 4 is 21.9 Å². The average molecular weight is 503 g/mol. The molecule has 0 unspecified atom stereocenters. The van der Waals surface area contributed by atoms with Crippen LogP contribution in [0.3, 0.4) is 0 Å². The molecule has 0 aromatic heterocycles. The normalized spacial score (nSPS) is 22.1. The van der Waals surface area contributed by atoms with E-state index in [1.165, 1.54) is 16.4 Å². The zero-order valence-electron chi connectivity index (χ0n) is 19.8. The van der Waals surface area contributed by atoms with Gasteiger partial charge in [-0.15, -0.1) is 0 Å². The number of ether oxygens (including phenoxy) is 1. The van der Waals surface area contributed by atoms with Crippen LogP contribution in [0.5, 0.6) is 0 Å². The first-order chi connectivity index (χ1) is 16.8. The highest BCUT2D eigenvalue weighted by atomic mass is 32.2.